The number of H-pyrrole nitrogens is 1. The van der Waals surface area contributed by atoms with Crippen molar-refractivity contribution in [2.24, 2.45) is 0 Å². The van der Waals surface area contributed by atoms with Gasteiger partial charge in [0, 0.05) is 45.6 Å². The van der Waals surface area contributed by atoms with Gasteiger partial charge in [0.05, 0.1) is 17.0 Å². The van der Waals surface area contributed by atoms with Crippen molar-refractivity contribution in [3.8, 4) is 11.8 Å². The first kappa shape index (κ1) is 20.6. The molecule has 1 aromatic heterocycles. The highest BCUT2D eigenvalue weighted by molar-refractivity contribution is 5.83. The van der Waals surface area contributed by atoms with Crippen molar-refractivity contribution < 1.29 is 9.90 Å². The molecule has 2 N–H and O–H groups in total. The standard InChI is InChI=1S/C23H23N5O3/c24-14-16-4-6-17(7-5-16)15-27-10-12-28(13-11-27)21(30)9-8-20-25-22-18(23(31)26-20)2-1-3-19(22)29/h1-7,29H,8-13,15H2,(H,25,26,31). The van der Waals surface area contributed by atoms with E-state index in [2.05, 4.69) is 20.9 Å². The summed E-state index contributed by atoms with van der Waals surface area (Å²) in [5, 5.41) is 19.2. The number of hydrogen-bond donors (Lipinski definition) is 2. The van der Waals surface area contributed by atoms with Crippen LogP contribution in [0.1, 0.15) is 23.4 Å². The number of nitriles is 1. The Bertz CT molecular complexity index is 1190. The lowest BCUT2D eigenvalue weighted by Gasteiger charge is -2.34. The van der Waals surface area contributed by atoms with Gasteiger partial charge in [0.1, 0.15) is 17.1 Å². The number of phenolic OH excluding ortho intramolecular Hbond substituents is 1. The van der Waals surface area contributed by atoms with Crippen molar-refractivity contribution >= 4 is 16.8 Å². The van der Waals surface area contributed by atoms with Crippen LogP contribution in [-0.2, 0) is 17.8 Å². The lowest BCUT2D eigenvalue weighted by molar-refractivity contribution is -0.133. The van der Waals surface area contributed by atoms with E-state index in [1.54, 1.807) is 12.1 Å². The maximum Gasteiger partial charge on any atom is 0.258 e. The summed E-state index contributed by atoms with van der Waals surface area (Å²) < 4.78 is 0. The molecular formula is C23H23N5O3. The summed E-state index contributed by atoms with van der Waals surface area (Å²) >= 11 is 0. The molecule has 0 bridgehead atoms. The molecule has 158 valence electrons. The number of aromatic hydroxyl groups is 1. The normalized spacial score (nSPS) is 14.5. The quantitative estimate of drug-likeness (QED) is 0.654. The first-order valence-electron chi connectivity index (χ1n) is 10.2. The Morgan fingerprint density at radius 2 is 1.87 bits per heavy atom. The maximum atomic E-state index is 12.6. The van der Waals surface area contributed by atoms with Crippen molar-refractivity contribution in [3.05, 3.63) is 69.8 Å². The molecule has 3 aromatic rings. The minimum Gasteiger partial charge on any atom is -0.506 e. The van der Waals surface area contributed by atoms with Gasteiger partial charge in [-0.3, -0.25) is 14.5 Å². The summed E-state index contributed by atoms with van der Waals surface area (Å²) in [5.41, 5.74) is 1.73. The Hall–Kier alpha value is -3.70. The van der Waals surface area contributed by atoms with Crippen molar-refractivity contribution in [2.75, 3.05) is 26.2 Å². The first-order chi connectivity index (χ1) is 15.0. The highest BCUT2D eigenvalue weighted by Gasteiger charge is 2.21. The van der Waals surface area contributed by atoms with E-state index in [1.165, 1.54) is 6.07 Å². The van der Waals surface area contributed by atoms with Gasteiger partial charge < -0.3 is 15.0 Å². The minimum atomic E-state index is -0.320. The van der Waals surface area contributed by atoms with E-state index >= 15 is 0 Å². The number of piperazine rings is 1. The molecule has 31 heavy (non-hydrogen) atoms. The predicted octanol–water partition coefficient (Wildman–Crippen LogP) is 1.78. The molecule has 0 radical (unpaired) electrons. The molecule has 8 heteroatoms. The summed E-state index contributed by atoms with van der Waals surface area (Å²) in [7, 11) is 0. The van der Waals surface area contributed by atoms with Gasteiger partial charge in [0.15, 0.2) is 0 Å². The zero-order valence-electron chi connectivity index (χ0n) is 17.0. The number of rotatable bonds is 5. The monoisotopic (exact) mass is 417 g/mol. The molecule has 1 amide bonds. The third-order valence-electron chi connectivity index (χ3n) is 5.55. The molecule has 4 rings (SSSR count). The zero-order chi connectivity index (χ0) is 21.8. The molecule has 1 aliphatic rings. The van der Waals surface area contributed by atoms with Crippen LogP contribution < -0.4 is 5.56 Å². The number of aryl methyl sites for hydroxylation is 1. The van der Waals surface area contributed by atoms with Crippen LogP contribution in [0.5, 0.6) is 5.75 Å². The van der Waals surface area contributed by atoms with Crippen LogP contribution in [0.4, 0.5) is 0 Å². The molecule has 0 saturated carbocycles. The largest absolute Gasteiger partial charge is 0.506 e. The molecular weight excluding hydrogens is 394 g/mol. The fourth-order valence-electron chi connectivity index (χ4n) is 3.79. The molecule has 0 unspecified atom stereocenters. The second-order valence-corrected chi connectivity index (χ2v) is 7.65. The van der Waals surface area contributed by atoms with Crippen LogP contribution in [0.3, 0.4) is 0 Å². The highest BCUT2D eigenvalue weighted by Crippen LogP contribution is 2.19. The second-order valence-electron chi connectivity index (χ2n) is 7.65. The van der Waals surface area contributed by atoms with Crippen molar-refractivity contribution in [2.45, 2.75) is 19.4 Å². The topological polar surface area (TPSA) is 113 Å². The Morgan fingerprint density at radius 1 is 1.13 bits per heavy atom. The molecule has 2 heterocycles. The third kappa shape index (κ3) is 4.73. The number of aromatic amines is 1. The fourth-order valence-corrected chi connectivity index (χ4v) is 3.79. The molecule has 2 aromatic carbocycles. The summed E-state index contributed by atoms with van der Waals surface area (Å²) in [6, 6.07) is 14.4. The lowest BCUT2D eigenvalue weighted by atomic mass is 10.1. The minimum absolute atomic E-state index is 0.0260. The van der Waals surface area contributed by atoms with Crippen LogP contribution in [0.15, 0.2) is 47.3 Å². The average molecular weight is 417 g/mol. The van der Waals surface area contributed by atoms with Crippen molar-refractivity contribution in [1.29, 1.82) is 5.26 Å². The van der Waals surface area contributed by atoms with Gasteiger partial charge in [-0.15, -0.1) is 0 Å². The summed E-state index contributed by atoms with van der Waals surface area (Å²) in [6.45, 7) is 3.66. The molecule has 8 nitrogen and oxygen atoms in total. The molecule has 1 fully saturated rings. The van der Waals surface area contributed by atoms with E-state index in [4.69, 9.17) is 5.26 Å². The highest BCUT2D eigenvalue weighted by atomic mass is 16.3. The average Bonchev–Trinajstić information content (AvgIpc) is 2.79. The number of nitrogens with zero attached hydrogens (tertiary/aromatic N) is 4. The van der Waals surface area contributed by atoms with E-state index in [0.29, 0.717) is 36.3 Å². The van der Waals surface area contributed by atoms with Gasteiger partial charge in [-0.1, -0.05) is 18.2 Å². The number of para-hydroxylation sites is 1. The number of fused-ring (bicyclic) bond motifs is 1. The Balaban J connectivity index is 1.30. The van der Waals surface area contributed by atoms with Crippen LogP contribution in [0, 0.1) is 11.3 Å². The Morgan fingerprint density at radius 3 is 2.58 bits per heavy atom. The summed E-state index contributed by atoms with van der Waals surface area (Å²) in [5.74, 6) is 0.374. The van der Waals surface area contributed by atoms with Crippen LogP contribution in [0.25, 0.3) is 10.9 Å². The Kier molecular flexibility index (Phi) is 5.96. The van der Waals surface area contributed by atoms with E-state index in [1.807, 2.05) is 29.2 Å². The Labute approximate surface area is 179 Å². The number of phenols is 1. The second kappa shape index (κ2) is 8.98. The number of carbonyl (C=O) groups excluding carboxylic acids is 1. The van der Waals surface area contributed by atoms with Crippen LogP contribution in [0.2, 0.25) is 0 Å². The molecule has 1 saturated heterocycles. The van der Waals surface area contributed by atoms with E-state index in [0.717, 1.165) is 25.2 Å². The van der Waals surface area contributed by atoms with Gasteiger partial charge >= 0.3 is 0 Å². The lowest BCUT2D eigenvalue weighted by Crippen LogP contribution is -2.48. The molecule has 0 spiro atoms. The zero-order valence-corrected chi connectivity index (χ0v) is 17.0. The summed E-state index contributed by atoms with van der Waals surface area (Å²) in [4.78, 5) is 36.0. The van der Waals surface area contributed by atoms with Crippen LogP contribution in [-0.4, -0.2) is 57.0 Å². The fraction of sp³-hybridized carbons (Fsp3) is 0.304. The molecule has 0 atom stereocenters. The number of nitrogens with one attached hydrogen (secondary N) is 1. The molecule has 0 aliphatic carbocycles. The number of benzene rings is 2. The van der Waals surface area contributed by atoms with E-state index in [-0.39, 0.29) is 29.2 Å². The van der Waals surface area contributed by atoms with Crippen LogP contribution >= 0.6 is 0 Å². The van der Waals surface area contributed by atoms with Crippen molar-refractivity contribution in [1.82, 2.24) is 19.8 Å². The van der Waals surface area contributed by atoms with Gasteiger partial charge in [-0.05, 0) is 29.8 Å². The maximum absolute atomic E-state index is 12.6. The number of carbonyl (C=O) groups is 1. The first-order valence-corrected chi connectivity index (χ1v) is 10.2. The SMILES string of the molecule is N#Cc1ccc(CN2CCN(C(=O)CCc3nc4c(O)cccc4c(=O)[nH]3)CC2)cc1. The molecule has 1 aliphatic heterocycles. The van der Waals surface area contributed by atoms with Gasteiger partial charge in [0.2, 0.25) is 5.91 Å². The third-order valence-corrected chi connectivity index (χ3v) is 5.55. The number of amides is 1. The van der Waals surface area contributed by atoms with Gasteiger partial charge in [0.25, 0.3) is 5.56 Å². The summed E-state index contributed by atoms with van der Waals surface area (Å²) in [6.07, 6.45) is 0.557. The van der Waals surface area contributed by atoms with E-state index < -0.39 is 0 Å². The van der Waals surface area contributed by atoms with E-state index in [9.17, 15) is 14.7 Å². The predicted molar refractivity (Wildman–Crippen MR) is 115 cm³/mol. The van der Waals surface area contributed by atoms with Gasteiger partial charge in [-0.2, -0.15) is 5.26 Å². The number of aromatic nitrogens is 2. The number of hydrogen-bond acceptors (Lipinski definition) is 6. The van der Waals surface area contributed by atoms with Gasteiger partial charge in [-0.25, -0.2) is 4.98 Å². The smallest absolute Gasteiger partial charge is 0.258 e. The van der Waals surface area contributed by atoms with Crippen molar-refractivity contribution in [3.63, 3.8) is 0 Å².